The zero-order valence-corrected chi connectivity index (χ0v) is 12.3. The van der Waals surface area contributed by atoms with Crippen LogP contribution in [0.15, 0.2) is 34.1 Å². The summed E-state index contributed by atoms with van der Waals surface area (Å²) in [5.74, 6) is -0.918. The maximum Gasteiger partial charge on any atom is 0.265 e. The van der Waals surface area contributed by atoms with Crippen LogP contribution in [0.5, 0.6) is 0 Å². The molecule has 2 aromatic heterocycles. The first-order valence-corrected chi connectivity index (χ1v) is 7.06. The molecule has 0 aliphatic heterocycles. The number of rotatable bonds is 3. The topological polar surface area (TPSA) is 76.7 Å². The Labute approximate surface area is 124 Å². The lowest BCUT2D eigenvalue weighted by Crippen LogP contribution is -2.15. The first kappa shape index (κ1) is 13.7. The van der Waals surface area contributed by atoms with E-state index in [0.29, 0.717) is 16.6 Å². The number of carbonyl (C=O) groups excluding carboxylic acids is 1. The molecule has 2 heterocycles. The summed E-state index contributed by atoms with van der Waals surface area (Å²) >= 11 is 1.46. The molecule has 0 unspecified atom stereocenters. The van der Waals surface area contributed by atoms with Crippen LogP contribution in [0.2, 0.25) is 0 Å². The molecule has 0 radical (unpaired) electrons. The van der Waals surface area contributed by atoms with Gasteiger partial charge in [0.05, 0.1) is 10.9 Å². The normalized spacial score (nSPS) is 11.2. The highest BCUT2D eigenvalue weighted by atomic mass is 32.2. The molecule has 7 heteroatoms. The van der Waals surface area contributed by atoms with Gasteiger partial charge in [-0.3, -0.25) is 9.89 Å². The molecule has 5 nitrogen and oxygen atoms in total. The highest BCUT2D eigenvalue weighted by Crippen LogP contribution is 2.33. The van der Waals surface area contributed by atoms with Crippen molar-refractivity contribution in [1.29, 1.82) is 0 Å². The van der Waals surface area contributed by atoms with Crippen LogP contribution in [0.3, 0.4) is 0 Å². The number of fused-ring (bicyclic) bond motifs is 1. The standard InChI is InChI=1S/C14H13FN4OS/c1-7-12(6-11(14(16)20)19(7)2)21-8-3-4-10-9(5-8)13(15)18-17-10/h3-6H,1-2H3,(H2,16,20)(H,17,18). The minimum atomic E-state index is -0.469. The molecule has 0 fully saturated rings. The molecule has 3 rings (SSSR count). The van der Waals surface area contributed by atoms with Gasteiger partial charge in [0.2, 0.25) is 5.95 Å². The van der Waals surface area contributed by atoms with E-state index in [1.807, 2.05) is 13.0 Å². The molecule has 1 aromatic carbocycles. The molecule has 0 saturated heterocycles. The van der Waals surface area contributed by atoms with Gasteiger partial charge in [0.25, 0.3) is 5.91 Å². The van der Waals surface area contributed by atoms with Crippen molar-refractivity contribution in [2.45, 2.75) is 16.7 Å². The number of primary amides is 1. The van der Waals surface area contributed by atoms with Crippen LogP contribution >= 0.6 is 11.8 Å². The molecule has 0 atom stereocenters. The number of halogens is 1. The fraction of sp³-hybridized carbons (Fsp3) is 0.143. The second-order valence-electron chi connectivity index (χ2n) is 4.72. The highest BCUT2D eigenvalue weighted by molar-refractivity contribution is 7.99. The number of hydrogen-bond acceptors (Lipinski definition) is 3. The van der Waals surface area contributed by atoms with Crippen molar-refractivity contribution >= 4 is 28.6 Å². The fourth-order valence-electron chi connectivity index (χ4n) is 2.16. The molecule has 0 aliphatic carbocycles. The van der Waals surface area contributed by atoms with Crippen LogP contribution in [0.4, 0.5) is 4.39 Å². The minimum Gasteiger partial charge on any atom is -0.364 e. The van der Waals surface area contributed by atoms with Crippen molar-refractivity contribution < 1.29 is 9.18 Å². The van der Waals surface area contributed by atoms with E-state index < -0.39 is 11.9 Å². The Balaban J connectivity index is 2.00. The molecule has 0 bridgehead atoms. The predicted molar refractivity (Wildman–Crippen MR) is 78.8 cm³/mol. The summed E-state index contributed by atoms with van der Waals surface area (Å²) < 4.78 is 15.3. The van der Waals surface area contributed by atoms with Crippen molar-refractivity contribution in [3.8, 4) is 0 Å². The van der Waals surface area contributed by atoms with Crippen LogP contribution < -0.4 is 5.73 Å². The third kappa shape index (κ3) is 2.29. The van der Waals surface area contributed by atoms with Crippen LogP contribution in [-0.4, -0.2) is 20.7 Å². The lowest BCUT2D eigenvalue weighted by Gasteiger charge is -2.03. The van der Waals surface area contributed by atoms with Gasteiger partial charge in [0.1, 0.15) is 5.69 Å². The third-order valence-electron chi connectivity index (χ3n) is 3.45. The molecular formula is C14H13FN4OS. The number of aromatic amines is 1. The summed E-state index contributed by atoms with van der Waals surface area (Å²) in [6.45, 7) is 1.91. The molecule has 0 aliphatic rings. The maximum atomic E-state index is 13.5. The van der Waals surface area contributed by atoms with Crippen LogP contribution in [0, 0.1) is 12.9 Å². The monoisotopic (exact) mass is 304 g/mol. The number of nitrogens with two attached hydrogens (primary N) is 1. The number of benzene rings is 1. The van der Waals surface area contributed by atoms with Crippen molar-refractivity contribution in [2.75, 3.05) is 0 Å². The van der Waals surface area contributed by atoms with Crippen molar-refractivity contribution in [3.05, 3.63) is 41.6 Å². The highest BCUT2D eigenvalue weighted by Gasteiger charge is 2.14. The molecule has 0 saturated carbocycles. The zero-order valence-electron chi connectivity index (χ0n) is 11.5. The number of nitrogens with zero attached hydrogens (tertiary/aromatic N) is 2. The van der Waals surface area contributed by atoms with E-state index in [0.717, 1.165) is 15.5 Å². The van der Waals surface area contributed by atoms with Crippen LogP contribution in [-0.2, 0) is 7.05 Å². The van der Waals surface area contributed by atoms with E-state index in [1.54, 1.807) is 29.8 Å². The molecule has 1 amide bonds. The zero-order chi connectivity index (χ0) is 15.1. The van der Waals surface area contributed by atoms with E-state index in [-0.39, 0.29) is 0 Å². The number of aromatic nitrogens is 3. The Kier molecular flexibility index (Phi) is 3.21. The lowest BCUT2D eigenvalue weighted by molar-refractivity contribution is 0.0992. The van der Waals surface area contributed by atoms with Gasteiger partial charge in [-0.1, -0.05) is 11.8 Å². The molecule has 3 aromatic rings. The van der Waals surface area contributed by atoms with E-state index in [2.05, 4.69) is 10.2 Å². The molecular weight excluding hydrogens is 291 g/mol. The predicted octanol–water partition coefficient (Wildman–Crippen LogP) is 2.60. The average molecular weight is 304 g/mol. The molecule has 3 N–H and O–H groups in total. The molecule has 21 heavy (non-hydrogen) atoms. The second kappa shape index (κ2) is 4.92. The van der Waals surface area contributed by atoms with Gasteiger partial charge in [-0.05, 0) is 31.2 Å². The SMILES string of the molecule is Cc1c(Sc2ccc3n[nH]c(F)c3c2)cc(C(N)=O)n1C. The van der Waals surface area contributed by atoms with Gasteiger partial charge in [-0.2, -0.15) is 9.49 Å². The van der Waals surface area contributed by atoms with Gasteiger partial charge in [0, 0.05) is 22.5 Å². The largest absolute Gasteiger partial charge is 0.364 e. The summed E-state index contributed by atoms with van der Waals surface area (Å²) in [5.41, 5.74) is 7.30. The summed E-state index contributed by atoms with van der Waals surface area (Å²) in [6, 6.07) is 7.10. The minimum absolute atomic E-state index is 0.448. The van der Waals surface area contributed by atoms with E-state index >= 15 is 0 Å². The molecule has 108 valence electrons. The van der Waals surface area contributed by atoms with Crippen molar-refractivity contribution in [3.63, 3.8) is 0 Å². The number of hydrogen-bond donors (Lipinski definition) is 2. The quantitative estimate of drug-likeness (QED) is 0.781. The lowest BCUT2D eigenvalue weighted by atomic mass is 10.2. The summed E-state index contributed by atoms with van der Waals surface area (Å²) in [5, 5.41) is 6.61. The third-order valence-corrected chi connectivity index (χ3v) is 4.57. The van der Waals surface area contributed by atoms with Crippen LogP contribution in [0.25, 0.3) is 10.9 Å². The van der Waals surface area contributed by atoms with Crippen molar-refractivity contribution in [2.24, 2.45) is 12.8 Å². The Bertz CT molecular complexity index is 852. The van der Waals surface area contributed by atoms with Gasteiger partial charge < -0.3 is 10.3 Å². The van der Waals surface area contributed by atoms with Gasteiger partial charge in [-0.15, -0.1) is 0 Å². The van der Waals surface area contributed by atoms with Gasteiger partial charge in [0.15, 0.2) is 0 Å². The first-order chi connectivity index (χ1) is 9.97. The summed E-state index contributed by atoms with van der Waals surface area (Å²) in [6.07, 6.45) is 0. The Morgan fingerprint density at radius 3 is 2.86 bits per heavy atom. The van der Waals surface area contributed by atoms with E-state index in [4.69, 9.17) is 5.73 Å². The number of H-pyrrole nitrogens is 1. The number of carbonyl (C=O) groups is 1. The second-order valence-corrected chi connectivity index (χ2v) is 5.84. The maximum absolute atomic E-state index is 13.5. The molecule has 0 spiro atoms. The number of amides is 1. The van der Waals surface area contributed by atoms with E-state index in [1.165, 1.54) is 11.8 Å². The van der Waals surface area contributed by atoms with E-state index in [9.17, 15) is 9.18 Å². The number of nitrogens with one attached hydrogen (secondary N) is 1. The summed E-state index contributed by atoms with van der Waals surface area (Å²) in [7, 11) is 1.79. The van der Waals surface area contributed by atoms with Crippen LogP contribution in [0.1, 0.15) is 16.2 Å². The Hall–Kier alpha value is -2.28. The van der Waals surface area contributed by atoms with Gasteiger partial charge >= 0.3 is 0 Å². The smallest absolute Gasteiger partial charge is 0.265 e. The van der Waals surface area contributed by atoms with Gasteiger partial charge in [-0.25, -0.2) is 0 Å². The Morgan fingerprint density at radius 1 is 1.43 bits per heavy atom. The first-order valence-electron chi connectivity index (χ1n) is 6.25. The summed E-state index contributed by atoms with van der Waals surface area (Å²) in [4.78, 5) is 13.1. The fourth-order valence-corrected chi connectivity index (χ4v) is 3.18. The van der Waals surface area contributed by atoms with Crippen molar-refractivity contribution in [1.82, 2.24) is 14.8 Å². The average Bonchev–Trinajstić information content (AvgIpc) is 2.95. The Morgan fingerprint density at radius 2 is 2.19 bits per heavy atom.